The molecule has 608 valence electrons. The zero-order chi connectivity index (χ0) is 81.0. The van der Waals surface area contributed by atoms with Gasteiger partial charge in [-0.1, -0.05) is 35.5 Å². The molecule has 111 heavy (non-hydrogen) atoms. The molecule has 11 heterocycles. The quantitative estimate of drug-likeness (QED) is 0.0166. The molecule has 6 fully saturated rings. The molecular formula is C67H93N16O26P2-. The standard InChI is InChI=1S/C24H33N6O9P.C20H29N4O10P.C19H26N4O7.C4H6N2/c1-16-25-7-8-30(16)40(35,36-4)38-15-20-19(31)12-21(39-20)29-13-17(22(32)26-24(29)34)6-5-11-37-23(33)18-14-27(2)9-10-28(18)3;1-22-6-7-23(2)14(11-22)19(27)32-8-4-5-13-10-24(20(28)21-18(13)26)17-9-15(25)16(34-17)12-33-35(29,30)31-3;1-21-5-6-22(2)13(10-21)18(27)29-7-3-4-12-9-23(19(28)20-17(12)26)16-8-14(25)15(11-24)30-16;1-4-5-2-3-6-4/h7-8,13,18-21,31H,9-12,14-15H2,1-4H3,(H,26,32,34);10,14-17,25H,6-9,11-12H2,1-3H3,(H,29,30)(H,21,26,28);9,13-16,24-25H,5-8,10-11H2,1-2H3,(H,20,26,28);2-3H,1H3,(H,5,6)/p-1/t18?,19?,20-,21-,40?;14?,15?,16-,17-;13?,14?,15-,16-;/m111./s1. The average Bonchev–Trinajstić information content (AvgIpc) is 1.71. The Morgan fingerprint density at radius 2 is 0.919 bits per heavy atom. The number of aromatic amines is 4. The Morgan fingerprint density at radius 3 is 1.23 bits per heavy atom. The molecule has 0 aliphatic carbocycles. The molecule has 11 rings (SSSR count). The van der Waals surface area contributed by atoms with Crippen molar-refractivity contribution < 1.29 is 95.3 Å². The number of carbonyl (C=O) groups excluding carboxylic acids is 3. The summed E-state index contributed by atoms with van der Waals surface area (Å²) < 4.78 is 80.8. The van der Waals surface area contributed by atoms with E-state index in [1.54, 1.807) is 19.3 Å². The van der Waals surface area contributed by atoms with Crippen LogP contribution in [0.5, 0.6) is 0 Å². The van der Waals surface area contributed by atoms with Crippen LogP contribution in [-0.4, -0.2) is 325 Å². The van der Waals surface area contributed by atoms with Gasteiger partial charge < -0.3 is 82.5 Å². The highest BCUT2D eigenvalue weighted by Gasteiger charge is 2.41. The van der Waals surface area contributed by atoms with Crippen LogP contribution in [0.15, 0.2) is 72.1 Å². The fourth-order valence-corrected chi connectivity index (χ4v) is 13.7. The third-order valence-corrected chi connectivity index (χ3v) is 21.3. The van der Waals surface area contributed by atoms with Gasteiger partial charge in [0.15, 0.2) is 19.8 Å². The molecule has 0 aromatic carbocycles. The Balaban J connectivity index is 0.000000203. The molecule has 5 aromatic rings. The lowest BCUT2D eigenvalue weighted by Crippen LogP contribution is -2.54. The number of aryl methyl sites for hydroxylation is 2. The Hall–Kier alpha value is -8.71. The van der Waals surface area contributed by atoms with Gasteiger partial charge in [-0.15, -0.1) is 0 Å². The normalized spacial score (nSPS) is 25.5. The molecular weight excluding hydrogens is 1510 g/mol. The minimum absolute atomic E-state index is 0.00476. The van der Waals surface area contributed by atoms with E-state index in [-0.39, 0.29) is 81.0 Å². The summed E-state index contributed by atoms with van der Waals surface area (Å²) in [6.45, 7) is 8.09. The van der Waals surface area contributed by atoms with Gasteiger partial charge in [0.25, 0.3) is 24.5 Å². The van der Waals surface area contributed by atoms with Crippen LogP contribution in [0, 0.1) is 49.4 Å². The van der Waals surface area contributed by atoms with Crippen molar-refractivity contribution >= 4 is 33.5 Å². The average molecular weight is 1600 g/mol. The monoisotopic (exact) mass is 1600 g/mol. The highest BCUT2D eigenvalue weighted by molar-refractivity contribution is 7.52. The van der Waals surface area contributed by atoms with Gasteiger partial charge in [-0.2, -0.15) is 0 Å². The van der Waals surface area contributed by atoms with E-state index in [0.717, 1.165) is 72.1 Å². The third-order valence-electron chi connectivity index (χ3n) is 18.5. The number of imidazole rings is 2. The smallest absolute Gasteiger partial charge is 0.440 e. The lowest BCUT2D eigenvalue weighted by molar-refractivity contribution is -0.226. The predicted molar refractivity (Wildman–Crippen MR) is 387 cm³/mol. The summed E-state index contributed by atoms with van der Waals surface area (Å²) >= 11 is 0. The fourth-order valence-electron chi connectivity index (χ4n) is 11.8. The molecule has 5 aromatic heterocycles. The summed E-state index contributed by atoms with van der Waals surface area (Å²) in [7, 11) is 5.17. The van der Waals surface area contributed by atoms with Gasteiger partial charge in [0.05, 0.1) is 38.1 Å². The lowest BCUT2D eigenvalue weighted by atomic mass is 10.2. The zero-order valence-electron chi connectivity index (χ0n) is 62.7. The summed E-state index contributed by atoms with van der Waals surface area (Å²) in [6, 6.07) is -1.19. The van der Waals surface area contributed by atoms with Gasteiger partial charge >= 0.3 is 42.7 Å². The van der Waals surface area contributed by atoms with Gasteiger partial charge in [0.2, 0.25) is 0 Å². The van der Waals surface area contributed by atoms with Crippen LogP contribution < -0.4 is 38.6 Å². The van der Waals surface area contributed by atoms with Crippen LogP contribution in [0.3, 0.4) is 0 Å². The largest absolute Gasteiger partial charge is 0.756 e. The molecule has 0 spiro atoms. The number of phosphoric ester groups is 1. The second-order valence-corrected chi connectivity index (χ2v) is 30.0. The number of aliphatic hydroxyl groups is 4. The minimum Gasteiger partial charge on any atom is -0.756 e. The molecule has 8 N–H and O–H groups in total. The van der Waals surface area contributed by atoms with Crippen molar-refractivity contribution in [2.24, 2.45) is 0 Å². The van der Waals surface area contributed by atoms with E-state index < -0.39 is 135 Å². The molecule has 0 bridgehead atoms. The molecule has 42 nitrogen and oxygen atoms in total. The number of rotatable bonds is 19. The van der Waals surface area contributed by atoms with Crippen molar-refractivity contribution in [3.63, 3.8) is 0 Å². The second kappa shape index (κ2) is 40.7. The fraction of sp³-hybridized carbons (Fsp3) is 0.597. The maximum atomic E-state index is 13.1. The van der Waals surface area contributed by atoms with E-state index in [9.17, 15) is 77.6 Å². The van der Waals surface area contributed by atoms with E-state index in [4.69, 9.17) is 37.5 Å². The summed E-state index contributed by atoms with van der Waals surface area (Å²) in [4.78, 5) is 151. The number of hydrogen-bond donors (Lipinski definition) is 8. The van der Waals surface area contributed by atoms with E-state index in [0.29, 0.717) is 25.5 Å². The molecule has 8 unspecified atom stereocenters. The van der Waals surface area contributed by atoms with Crippen LogP contribution >= 0.6 is 15.6 Å². The van der Waals surface area contributed by atoms with Crippen LogP contribution in [0.4, 0.5) is 0 Å². The second-order valence-electron chi connectivity index (χ2n) is 26.5. The van der Waals surface area contributed by atoms with Crippen molar-refractivity contribution in [2.75, 3.05) is 155 Å². The first-order valence-electron chi connectivity index (χ1n) is 34.8. The van der Waals surface area contributed by atoms with Crippen LogP contribution in [0.1, 0.15) is 66.3 Å². The number of aliphatic hydroxyl groups excluding tert-OH is 4. The number of nitrogens with one attached hydrogen (secondary N) is 4. The number of aromatic nitrogens is 10. The number of carbonyl (C=O) groups is 3. The first kappa shape index (κ1) is 87.9. The summed E-state index contributed by atoms with van der Waals surface area (Å²) in [5.74, 6) is 15.8. The van der Waals surface area contributed by atoms with Gasteiger partial charge in [-0.3, -0.25) is 85.7 Å². The van der Waals surface area contributed by atoms with E-state index >= 15 is 0 Å². The third kappa shape index (κ3) is 24.4. The Bertz CT molecular complexity index is 4680. The molecule has 0 saturated carbocycles. The number of likely N-dealkylation sites (N-methyl/N-ethyl adjacent to an activating group) is 6. The lowest BCUT2D eigenvalue weighted by Gasteiger charge is -2.35. The summed E-state index contributed by atoms with van der Waals surface area (Å²) in [6.07, 6.45) is 1.33. The van der Waals surface area contributed by atoms with E-state index in [1.165, 1.54) is 36.2 Å². The van der Waals surface area contributed by atoms with Crippen molar-refractivity contribution in [2.45, 2.75) is 107 Å². The number of hydrogen-bond acceptors (Lipinski definition) is 34. The number of ether oxygens (including phenoxy) is 6. The maximum Gasteiger partial charge on any atom is 0.440 e. The number of piperazine rings is 3. The molecule has 44 heteroatoms. The summed E-state index contributed by atoms with van der Waals surface area (Å²) in [5.41, 5.74) is -4.57. The number of phosphoric acid groups is 1. The topological polar surface area (TPSA) is 512 Å². The molecule has 6 saturated heterocycles. The van der Waals surface area contributed by atoms with Gasteiger partial charge in [-0.05, 0) is 56.1 Å². The molecule has 0 amide bonds. The summed E-state index contributed by atoms with van der Waals surface area (Å²) in [5, 5.41) is 39.7. The highest BCUT2D eigenvalue weighted by Crippen LogP contribution is 2.50. The molecule has 0 radical (unpaired) electrons. The van der Waals surface area contributed by atoms with Crippen LogP contribution in [0.2, 0.25) is 0 Å². The Labute approximate surface area is 635 Å². The highest BCUT2D eigenvalue weighted by atomic mass is 31.2. The van der Waals surface area contributed by atoms with Crippen molar-refractivity contribution in [3.05, 3.63) is 134 Å². The number of esters is 3. The number of nitrogens with zero attached hydrogens (tertiary/aromatic N) is 12. The first-order chi connectivity index (χ1) is 52.7. The van der Waals surface area contributed by atoms with Crippen molar-refractivity contribution in [1.82, 2.24) is 77.3 Å². The minimum atomic E-state index is -4.52. The zero-order valence-corrected chi connectivity index (χ0v) is 64.5. The van der Waals surface area contributed by atoms with Crippen LogP contribution in [0.25, 0.3) is 0 Å². The maximum absolute atomic E-state index is 13.1. The van der Waals surface area contributed by atoms with Crippen LogP contribution in [-0.2, 0) is 70.0 Å². The van der Waals surface area contributed by atoms with Crippen molar-refractivity contribution in [3.8, 4) is 35.5 Å². The van der Waals surface area contributed by atoms with Crippen molar-refractivity contribution in [1.29, 1.82) is 0 Å². The number of H-pyrrole nitrogens is 4. The van der Waals surface area contributed by atoms with Gasteiger partial charge in [0, 0.05) is 136 Å². The first-order valence-corrected chi connectivity index (χ1v) is 37.8. The molecule has 14 atom stereocenters. The predicted octanol–water partition coefficient (Wildman–Crippen LogP) is -5.36. The van der Waals surface area contributed by atoms with Gasteiger partial charge in [-0.25, -0.2) is 33.3 Å². The van der Waals surface area contributed by atoms with E-state index in [1.807, 2.05) is 78.6 Å². The molecule has 6 aliphatic heterocycles. The van der Waals surface area contributed by atoms with Gasteiger partial charge in [0.1, 0.15) is 83.5 Å². The Kier molecular flexibility index (Phi) is 32.2. The van der Waals surface area contributed by atoms with E-state index in [2.05, 4.69) is 74.5 Å². The molecule has 6 aliphatic rings. The Morgan fingerprint density at radius 1 is 0.550 bits per heavy atom. The SMILES string of the molecule is CN1CCN(C)C(C(=O)OCC#Cc2cn([C@H]3CC(O)[C@@H](CO)O3)c(=O)[nH]c2=O)C1.COP(=O)(OC[C@H]1O[C@@H](n2cc(C#CCOC(=O)C3CN(C)CCN3C)c(=O)[nH]c2=O)CC1O)n1ccnc1C.COP(=O)([O-])OC[C@H]1O[C@@H](n2cc(C#CCOC(=O)C3CN(C)CCN3C)c(=O)[nH]c2=O)CC1O.Cc1ncc[nH]1.